The Kier molecular flexibility index (Phi) is 8.91. The van der Waals surface area contributed by atoms with Crippen molar-refractivity contribution in [2.45, 2.75) is 64.5 Å². The summed E-state index contributed by atoms with van der Waals surface area (Å²) < 4.78 is 0. The first-order valence-electron chi connectivity index (χ1n) is 13.0. The fourth-order valence-corrected chi connectivity index (χ4v) is 13.3. The van der Waals surface area contributed by atoms with Crippen molar-refractivity contribution in [3.8, 4) is 0 Å². The van der Waals surface area contributed by atoms with Gasteiger partial charge >= 0.3 is 202 Å². The summed E-state index contributed by atoms with van der Waals surface area (Å²) in [5, 5.41) is -0.533. The van der Waals surface area contributed by atoms with E-state index in [0.29, 0.717) is 0 Å². The van der Waals surface area contributed by atoms with E-state index >= 15 is 0 Å². The van der Waals surface area contributed by atoms with Gasteiger partial charge < -0.3 is 0 Å². The summed E-state index contributed by atoms with van der Waals surface area (Å²) in [7, 11) is 0. The normalized spacial score (nSPS) is 13.4. The fourth-order valence-electron chi connectivity index (χ4n) is 5.97. The summed E-state index contributed by atoms with van der Waals surface area (Å²) in [5.41, 5.74) is 3.72. The van der Waals surface area contributed by atoms with Gasteiger partial charge in [-0.15, -0.1) is 0 Å². The van der Waals surface area contributed by atoms with Gasteiger partial charge in [-0.2, -0.15) is 0 Å². The summed E-state index contributed by atoms with van der Waals surface area (Å²) in [6.45, 7) is 3.40. The first kappa shape index (κ1) is 25.7. The summed E-state index contributed by atoms with van der Waals surface area (Å²) in [4.78, 5) is 13.8. The third kappa shape index (κ3) is 4.82. The van der Waals surface area contributed by atoms with Crippen molar-refractivity contribution in [1.82, 2.24) is 0 Å². The molecule has 0 aliphatic carbocycles. The van der Waals surface area contributed by atoms with Crippen molar-refractivity contribution >= 4 is 6.83 Å². The van der Waals surface area contributed by atoms with E-state index in [1.807, 2.05) is 0 Å². The Hall–Kier alpha value is -1.95. The van der Waals surface area contributed by atoms with Gasteiger partial charge in [0, 0.05) is 0 Å². The molecule has 0 aliphatic heterocycles. The van der Waals surface area contributed by atoms with E-state index in [1.54, 1.807) is 0 Å². The van der Waals surface area contributed by atoms with Crippen LogP contribution in [0.15, 0.2) is 91.0 Å². The average Bonchev–Trinajstić information content (AvgIpc) is 2.88. The molecule has 1 nitrogen and oxygen atoms in total. The van der Waals surface area contributed by atoms with Crippen molar-refractivity contribution in [2.24, 2.45) is 0 Å². The zero-order valence-corrected chi connectivity index (χ0v) is 21.8. The molecule has 0 saturated heterocycles. The SMILES string of the molecule is CCCCP(O)(CCCC)(CCCC)C(c1ccccc1)(c1ccccc1)c1ccccc1. The second kappa shape index (κ2) is 11.5. The number of hydrogen-bond acceptors (Lipinski definition) is 1. The average molecular weight is 463 g/mol. The number of unbranched alkanes of at least 4 members (excludes halogenated alkanes) is 3. The van der Waals surface area contributed by atoms with Gasteiger partial charge in [0.1, 0.15) is 0 Å². The molecule has 3 aromatic rings. The van der Waals surface area contributed by atoms with Crippen LogP contribution in [0.25, 0.3) is 0 Å². The van der Waals surface area contributed by atoms with E-state index in [2.05, 4.69) is 112 Å². The predicted octanol–water partition coefficient (Wildman–Crippen LogP) is 8.84. The third-order valence-corrected chi connectivity index (χ3v) is 14.2. The molecule has 178 valence electrons. The van der Waals surface area contributed by atoms with Crippen molar-refractivity contribution in [1.29, 1.82) is 0 Å². The minimum atomic E-state index is -3.38. The third-order valence-electron chi connectivity index (χ3n) is 7.56. The van der Waals surface area contributed by atoms with Crippen LogP contribution in [0.4, 0.5) is 0 Å². The molecule has 3 aromatic carbocycles. The molecule has 0 aromatic heterocycles. The molecule has 0 unspecified atom stereocenters. The van der Waals surface area contributed by atoms with Crippen LogP contribution in [-0.4, -0.2) is 23.4 Å². The molecule has 2 heteroatoms. The maximum absolute atomic E-state index is 13.8. The summed E-state index contributed by atoms with van der Waals surface area (Å²) in [5.74, 6) is 0. The summed E-state index contributed by atoms with van der Waals surface area (Å²) in [6.07, 6.45) is 9.26. The number of rotatable bonds is 13. The molecule has 0 aliphatic rings. The minimum absolute atomic E-state index is 0.533. The molecule has 0 amide bonds. The first-order chi connectivity index (χ1) is 16.1. The van der Waals surface area contributed by atoms with Crippen LogP contribution in [0.3, 0.4) is 0 Å². The van der Waals surface area contributed by atoms with Gasteiger partial charge in [0.2, 0.25) is 0 Å². The predicted molar refractivity (Wildman–Crippen MR) is 148 cm³/mol. The molecule has 0 bridgehead atoms. The fraction of sp³-hybridized carbons (Fsp3) is 0.419. The Morgan fingerprint density at radius 2 is 0.788 bits per heavy atom. The van der Waals surface area contributed by atoms with Crippen LogP contribution in [-0.2, 0) is 5.16 Å². The Balaban J connectivity index is 2.52. The van der Waals surface area contributed by atoms with E-state index in [0.717, 1.165) is 57.0 Å². The first-order valence-corrected chi connectivity index (χ1v) is 15.7. The summed E-state index contributed by atoms with van der Waals surface area (Å²) in [6, 6.07) is 32.8. The topological polar surface area (TPSA) is 20.2 Å². The number of benzene rings is 3. The van der Waals surface area contributed by atoms with Gasteiger partial charge in [0.25, 0.3) is 0 Å². The maximum atomic E-state index is 13.8. The molecule has 33 heavy (non-hydrogen) atoms. The van der Waals surface area contributed by atoms with Gasteiger partial charge in [0.15, 0.2) is 0 Å². The molecule has 3 rings (SSSR count). The molecule has 0 atom stereocenters. The monoisotopic (exact) mass is 462 g/mol. The number of hydrogen-bond donors (Lipinski definition) is 1. The standard InChI is InChI=1S/C31H43OP/c1-4-7-25-33(32,26-8-5-2,27-9-6-3)31(28-19-13-10-14-20-28,29-21-15-11-16-22-29)30-23-17-12-18-24-30/h10-24,32H,4-9,25-27H2,1-3H3. The van der Waals surface area contributed by atoms with E-state index in [-0.39, 0.29) is 0 Å². The van der Waals surface area contributed by atoms with Gasteiger partial charge in [-0.1, -0.05) is 0 Å². The van der Waals surface area contributed by atoms with Crippen molar-refractivity contribution in [2.75, 3.05) is 18.5 Å². The van der Waals surface area contributed by atoms with E-state index in [4.69, 9.17) is 0 Å². The molecule has 0 radical (unpaired) electrons. The van der Waals surface area contributed by atoms with E-state index in [1.165, 1.54) is 16.7 Å². The van der Waals surface area contributed by atoms with E-state index in [9.17, 15) is 4.89 Å². The van der Waals surface area contributed by atoms with Crippen LogP contribution in [0.1, 0.15) is 76.0 Å². The Bertz CT molecular complexity index is 831. The Morgan fingerprint density at radius 3 is 1.03 bits per heavy atom. The Morgan fingerprint density at radius 1 is 0.515 bits per heavy atom. The Labute approximate surface area is 202 Å². The van der Waals surface area contributed by atoms with Crippen molar-refractivity contribution in [3.05, 3.63) is 108 Å². The molecule has 0 fully saturated rings. The molecule has 1 N–H and O–H groups in total. The molecular weight excluding hydrogens is 419 g/mol. The van der Waals surface area contributed by atoms with Crippen LogP contribution in [0.5, 0.6) is 0 Å². The molecule has 0 spiro atoms. The van der Waals surface area contributed by atoms with Crippen molar-refractivity contribution in [3.63, 3.8) is 0 Å². The zero-order valence-electron chi connectivity index (χ0n) is 20.9. The molecule has 0 heterocycles. The molecular formula is C31H43OP. The van der Waals surface area contributed by atoms with Gasteiger partial charge in [-0.3, -0.25) is 0 Å². The van der Waals surface area contributed by atoms with Gasteiger partial charge in [0.05, 0.1) is 0 Å². The second-order valence-electron chi connectivity index (χ2n) is 9.71. The van der Waals surface area contributed by atoms with Crippen LogP contribution in [0.2, 0.25) is 0 Å². The van der Waals surface area contributed by atoms with Crippen LogP contribution >= 0.6 is 6.83 Å². The van der Waals surface area contributed by atoms with Gasteiger partial charge in [-0.25, -0.2) is 0 Å². The van der Waals surface area contributed by atoms with Crippen LogP contribution in [0, 0.1) is 0 Å². The second-order valence-corrected chi connectivity index (χ2v) is 15.1. The quantitative estimate of drug-likeness (QED) is 0.199. The van der Waals surface area contributed by atoms with Gasteiger partial charge in [-0.05, 0) is 0 Å². The zero-order chi connectivity index (χ0) is 23.6. The summed E-state index contributed by atoms with van der Waals surface area (Å²) >= 11 is 0. The van der Waals surface area contributed by atoms with Crippen molar-refractivity contribution < 1.29 is 4.89 Å². The van der Waals surface area contributed by atoms with Crippen LogP contribution < -0.4 is 0 Å². The van der Waals surface area contributed by atoms with E-state index < -0.39 is 12.0 Å². The molecule has 0 saturated carbocycles.